The molecule has 12 nitrogen and oxygen atoms in total. The fourth-order valence-electron chi connectivity index (χ4n) is 17.1. The summed E-state index contributed by atoms with van der Waals surface area (Å²) in [5.41, 5.74) is 0.989. The molecule has 12 aliphatic carbocycles. The maximum atomic E-state index is 12.5. The van der Waals surface area contributed by atoms with Crippen molar-refractivity contribution < 1.29 is 57.2 Å². The summed E-state index contributed by atoms with van der Waals surface area (Å²) in [6.07, 6.45) is 23.4. The largest absolute Gasteiger partial charge is 0.493 e. The Balaban J connectivity index is 0.000000128. The van der Waals surface area contributed by atoms with Gasteiger partial charge in [-0.3, -0.25) is 19.2 Å². The van der Waals surface area contributed by atoms with Crippen LogP contribution in [0.4, 0.5) is 0 Å². The monoisotopic (exact) mass is 1030 g/mol. The van der Waals surface area contributed by atoms with E-state index < -0.39 is 0 Å². The summed E-state index contributed by atoms with van der Waals surface area (Å²) in [7, 11) is 0. The predicted octanol–water partition coefficient (Wildman–Crippen LogP) is 12.1. The van der Waals surface area contributed by atoms with Crippen LogP contribution in [0.25, 0.3) is 0 Å². The molecular formula is C63H78O12. The highest BCUT2D eigenvalue weighted by Gasteiger charge is 2.60. The molecule has 0 unspecified atom stereocenters. The van der Waals surface area contributed by atoms with Crippen molar-refractivity contribution in [3.63, 3.8) is 0 Å². The summed E-state index contributed by atoms with van der Waals surface area (Å²) in [4.78, 5) is 69.4. The molecule has 3 aromatic carbocycles. The second-order valence-corrected chi connectivity index (χ2v) is 24.4. The van der Waals surface area contributed by atoms with E-state index in [1.807, 2.05) is 0 Å². The van der Waals surface area contributed by atoms with E-state index in [4.69, 9.17) is 28.4 Å². The molecule has 12 fully saturated rings. The predicted molar refractivity (Wildman–Crippen MR) is 280 cm³/mol. The molecule has 402 valence electrons. The molecule has 0 aliphatic heterocycles. The van der Waals surface area contributed by atoms with E-state index in [-0.39, 0.29) is 54.3 Å². The van der Waals surface area contributed by atoms with Gasteiger partial charge in [0.2, 0.25) is 0 Å². The van der Waals surface area contributed by atoms with Gasteiger partial charge in [0.1, 0.15) is 52.9 Å². The van der Waals surface area contributed by atoms with Crippen LogP contribution in [0.3, 0.4) is 0 Å². The molecule has 0 radical (unpaired) electrons. The number of benzene rings is 3. The average molecular weight is 1030 g/mol. The smallest absolute Gasteiger partial charge is 0.344 e. The minimum atomic E-state index is -0.310. The van der Waals surface area contributed by atoms with E-state index in [1.165, 1.54) is 96.3 Å². The number of hydrogen-bond donors (Lipinski definition) is 0. The van der Waals surface area contributed by atoms with Crippen molar-refractivity contribution >= 4 is 36.8 Å². The fraction of sp³-hybridized carbons (Fsp3) is 0.619. The number of carbonyl (C=O) groups is 6. The van der Waals surface area contributed by atoms with Gasteiger partial charge in [0.25, 0.3) is 0 Å². The van der Waals surface area contributed by atoms with E-state index in [1.54, 1.807) is 72.8 Å². The van der Waals surface area contributed by atoms with Crippen LogP contribution < -0.4 is 14.2 Å². The second-order valence-electron chi connectivity index (χ2n) is 24.4. The van der Waals surface area contributed by atoms with Gasteiger partial charge in [0, 0.05) is 16.7 Å². The SMILES string of the molecule is CC1(OC(=O)COc2ccc(C=O)cc2)C2CC3CC(C2)CC1C3.CCC1(OC(=O)CCOc2ccc(C=O)cc2)C2CC3CC(C2)CC1C3.CCC1(OC(=O)COc2ccc(C=O)cc2)C2CC3CC(C2)CC1C3. The molecular weight excluding hydrogens is 949 g/mol. The average Bonchev–Trinajstić information content (AvgIpc) is 3.46. The van der Waals surface area contributed by atoms with Gasteiger partial charge in [0.15, 0.2) is 13.2 Å². The van der Waals surface area contributed by atoms with Crippen molar-refractivity contribution in [2.75, 3.05) is 19.8 Å². The number of aldehydes is 3. The summed E-state index contributed by atoms with van der Waals surface area (Å²) in [6.45, 7) is 6.63. The molecule has 0 spiro atoms. The Labute approximate surface area is 443 Å². The fourth-order valence-corrected chi connectivity index (χ4v) is 17.1. The molecule has 12 bridgehead atoms. The zero-order chi connectivity index (χ0) is 52.3. The van der Waals surface area contributed by atoms with Crippen molar-refractivity contribution in [2.45, 2.75) is 153 Å². The normalized spacial score (nSPS) is 35.4. The quantitative estimate of drug-likeness (QED) is 0.0675. The first-order valence-corrected chi connectivity index (χ1v) is 28.5. The standard InChI is InChI=1S/C22H28O4.C21H26O4.C20H24O4/c1-2-22(18-10-16-9-17(12-18)13-19(22)11-16)26-21(24)7-8-25-20-5-3-15(14-23)4-6-20;1-2-21(17-8-15-7-16(10-17)11-18(21)9-15)25-20(23)13-24-19-5-3-14(12-22)4-6-19;1-20(16-7-14-6-15(9-16)10-17(20)8-14)24-19(22)12-23-18-4-2-13(11-21)3-5-18/h3-6,14,16-19H,2,7-13H2,1H3;3-6,12,15-18H,2,7-11,13H2,1H3;2-5,11,14-17H,6-10,12H2,1H3. The number of carbonyl (C=O) groups excluding carboxylic acids is 6. The number of ether oxygens (including phenoxy) is 6. The molecule has 0 N–H and O–H groups in total. The molecule has 12 heteroatoms. The lowest BCUT2D eigenvalue weighted by atomic mass is 9.49. The summed E-state index contributed by atoms with van der Waals surface area (Å²) < 4.78 is 35.0. The van der Waals surface area contributed by atoms with E-state index >= 15 is 0 Å². The van der Waals surface area contributed by atoms with Gasteiger partial charge in [-0.1, -0.05) is 13.8 Å². The topological polar surface area (TPSA) is 158 Å². The number of hydrogen-bond acceptors (Lipinski definition) is 12. The third kappa shape index (κ3) is 11.3. The lowest BCUT2D eigenvalue weighted by Gasteiger charge is -2.60. The molecule has 12 saturated carbocycles. The zero-order valence-corrected chi connectivity index (χ0v) is 44.3. The number of esters is 3. The highest BCUT2D eigenvalue weighted by atomic mass is 16.6. The van der Waals surface area contributed by atoms with E-state index in [0.29, 0.717) is 76.1 Å². The minimum absolute atomic E-state index is 0.0749. The summed E-state index contributed by atoms with van der Waals surface area (Å²) in [6, 6.07) is 20.4. The molecule has 0 heterocycles. The lowest BCUT2D eigenvalue weighted by molar-refractivity contribution is -0.212. The van der Waals surface area contributed by atoms with Crippen molar-refractivity contribution in [3.05, 3.63) is 89.5 Å². The summed E-state index contributed by atoms with van der Waals surface area (Å²) in [5.74, 6) is 9.51. The Bertz CT molecular complexity index is 2410. The summed E-state index contributed by atoms with van der Waals surface area (Å²) >= 11 is 0. The zero-order valence-electron chi connectivity index (χ0n) is 44.3. The molecule has 15 rings (SSSR count). The molecule has 0 saturated heterocycles. The number of rotatable bonds is 18. The first kappa shape index (κ1) is 52.9. The Morgan fingerprint density at radius 2 is 0.707 bits per heavy atom. The van der Waals surface area contributed by atoms with E-state index in [0.717, 1.165) is 67.2 Å². The summed E-state index contributed by atoms with van der Waals surface area (Å²) in [5, 5.41) is 0. The van der Waals surface area contributed by atoms with Crippen LogP contribution in [-0.4, -0.2) is 73.4 Å². The molecule has 12 aliphatic rings. The van der Waals surface area contributed by atoms with Crippen LogP contribution >= 0.6 is 0 Å². The Kier molecular flexibility index (Phi) is 15.9. The van der Waals surface area contributed by atoms with Crippen LogP contribution in [0.15, 0.2) is 72.8 Å². The van der Waals surface area contributed by atoms with Crippen molar-refractivity contribution in [1.82, 2.24) is 0 Å². The minimum Gasteiger partial charge on any atom is -0.493 e. The van der Waals surface area contributed by atoms with Crippen molar-refractivity contribution in [2.24, 2.45) is 71.0 Å². The first-order chi connectivity index (χ1) is 36.3. The third-order valence-electron chi connectivity index (χ3n) is 20.2. The highest BCUT2D eigenvalue weighted by molar-refractivity contribution is 5.76. The highest BCUT2D eigenvalue weighted by Crippen LogP contribution is 2.63. The molecule has 0 atom stereocenters. The van der Waals surface area contributed by atoms with Crippen molar-refractivity contribution in [3.8, 4) is 17.2 Å². The van der Waals surface area contributed by atoms with Gasteiger partial charge in [-0.25, -0.2) is 9.59 Å². The maximum absolute atomic E-state index is 12.5. The van der Waals surface area contributed by atoms with E-state index in [2.05, 4.69) is 20.8 Å². The first-order valence-electron chi connectivity index (χ1n) is 28.5. The van der Waals surface area contributed by atoms with Gasteiger partial charge in [-0.15, -0.1) is 0 Å². The van der Waals surface area contributed by atoms with Gasteiger partial charge in [-0.2, -0.15) is 0 Å². The van der Waals surface area contributed by atoms with Crippen LogP contribution in [0.1, 0.15) is 167 Å². The van der Waals surface area contributed by atoms with Crippen LogP contribution in [0.2, 0.25) is 0 Å². The Hall–Kier alpha value is -5.52. The van der Waals surface area contributed by atoms with Gasteiger partial charge < -0.3 is 28.4 Å². The Morgan fingerprint density at radius 1 is 0.413 bits per heavy atom. The van der Waals surface area contributed by atoms with E-state index in [9.17, 15) is 28.8 Å². The third-order valence-corrected chi connectivity index (χ3v) is 20.2. The maximum Gasteiger partial charge on any atom is 0.344 e. The van der Waals surface area contributed by atoms with Crippen molar-refractivity contribution in [1.29, 1.82) is 0 Å². The Morgan fingerprint density at radius 3 is 1.03 bits per heavy atom. The van der Waals surface area contributed by atoms with Gasteiger partial charge in [-0.05, 0) is 260 Å². The molecule has 0 amide bonds. The van der Waals surface area contributed by atoms with Crippen LogP contribution in [0.5, 0.6) is 17.2 Å². The van der Waals surface area contributed by atoms with Gasteiger partial charge in [0.05, 0.1) is 13.0 Å². The lowest BCUT2D eigenvalue weighted by Crippen LogP contribution is -2.59. The molecule has 3 aromatic rings. The molecule has 75 heavy (non-hydrogen) atoms. The molecule has 0 aromatic heterocycles. The van der Waals surface area contributed by atoms with Gasteiger partial charge >= 0.3 is 17.9 Å². The van der Waals surface area contributed by atoms with Crippen LogP contribution in [0, 0.1) is 71.0 Å². The second kappa shape index (κ2) is 22.6. The van der Waals surface area contributed by atoms with Crippen LogP contribution in [-0.2, 0) is 28.6 Å².